The summed E-state index contributed by atoms with van der Waals surface area (Å²) >= 11 is 0. The molecule has 0 aromatic heterocycles. The van der Waals surface area contributed by atoms with Gasteiger partial charge in [0, 0.05) is 31.6 Å². The predicted octanol–water partition coefficient (Wildman–Crippen LogP) is 1.10. The topological polar surface area (TPSA) is 58.6 Å². The molecule has 0 bridgehead atoms. The van der Waals surface area contributed by atoms with Crippen molar-refractivity contribution in [2.45, 2.75) is 19.4 Å². The fourth-order valence-electron chi connectivity index (χ4n) is 2.45. The molecule has 1 fully saturated rings. The number of rotatable bonds is 6. The van der Waals surface area contributed by atoms with E-state index in [1.165, 1.54) is 0 Å². The van der Waals surface area contributed by atoms with Crippen molar-refractivity contribution in [1.82, 2.24) is 10.2 Å². The number of morpholine rings is 1. The Hall–Kier alpha value is -1.72. The maximum absolute atomic E-state index is 12.1. The lowest BCUT2D eigenvalue weighted by Gasteiger charge is -2.34. The third kappa shape index (κ3) is 4.37. The lowest BCUT2D eigenvalue weighted by Crippen LogP contribution is -2.54. The normalized spacial score (nSPS) is 19.2. The van der Waals surface area contributed by atoms with E-state index in [-0.39, 0.29) is 17.7 Å². The van der Waals surface area contributed by atoms with Gasteiger partial charge in [-0.15, -0.1) is 0 Å². The first-order valence-electron chi connectivity index (χ1n) is 7.40. The first-order chi connectivity index (χ1) is 10.2. The molecule has 1 N–H and O–H groups in total. The SMILES string of the molecule is CCNC(=O)C1COCCN1CCC(=O)c1ccccc1. The van der Waals surface area contributed by atoms with E-state index in [2.05, 4.69) is 5.32 Å². The molecule has 1 aromatic rings. The molecule has 1 aliphatic heterocycles. The van der Waals surface area contributed by atoms with Crippen molar-refractivity contribution in [3.8, 4) is 0 Å². The van der Waals surface area contributed by atoms with Crippen molar-refractivity contribution in [3.63, 3.8) is 0 Å². The van der Waals surface area contributed by atoms with Gasteiger partial charge in [-0.05, 0) is 6.92 Å². The van der Waals surface area contributed by atoms with E-state index >= 15 is 0 Å². The average Bonchev–Trinajstić information content (AvgIpc) is 2.54. The number of hydrogen-bond acceptors (Lipinski definition) is 4. The van der Waals surface area contributed by atoms with Gasteiger partial charge in [0.05, 0.1) is 13.2 Å². The zero-order valence-corrected chi connectivity index (χ0v) is 12.4. The molecule has 1 aromatic carbocycles. The molecule has 1 amide bonds. The largest absolute Gasteiger partial charge is 0.378 e. The summed E-state index contributed by atoms with van der Waals surface area (Å²) in [6, 6.07) is 8.97. The zero-order chi connectivity index (χ0) is 15.1. The van der Waals surface area contributed by atoms with Crippen LogP contribution in [0.15, 0.2) is 30.3 Å². The highest BCUT2D eigenvalue weighted by molar-refractivity contribution is 5.96. The van der Waals surface area contributed by atoms with E-state index in [0.717, 1.165) is 5.56 Å². The number of carbonyl (C=O) groups is 2. The predicted molar refractivity (Wildman–Crippen MR) is 80.3 cm³/mol. The molecule has 0 radical (unpaired) electrons. The van der Waals surface area contributed by atoms with E-state index in [1.54, 1.807) is 0 Å². The van der Waals surface area contributed by atoms with Crippen LogP contribution in [0.1, 0.15) is 23.7 Å². The van der Waals surface area contributed by atoms with Crippen LogP contribution >= 0.6 is 0 Å². The van der Waals surface area contributed by atoms with Gasteiger partial charge < -0.3 is 10.1 Å². The maximum atomic E-state index is 12.1. The lowest BCUT2D eigenvalue weighted by atomic mass is 10.1. The summed E-state index contributed by atoms with van der Waals surface area (Å²) in [5.41, 5.74) is 0.723. The molecule has 2 rings (SSSR count). The zero-order valence-electron chi connectivity index (χ0n) is 12.4. The maximum Gasteiger partial charge on any atom is 0.239 e. The average molecular weight is 290 g/mol. The van der Waals surface area contributed by atoms with E-state index in [0.29, 0.717) is 39.3 Å². The molecule has 5 heteroatoms. The van der Waals surface area contributed by atoms with Gasteiger partial charge in [0.1, 0.15) is 6.04 Å². The van der Waals surface area contributed by atoms with Gasteiger partial charge in [0.2, 0.25) is 5.91 Å². The second-order valence-corrected chi connectivity index (χ2v) is 5.06. The first-order valence-corrected chi connectivity index (χ1v) is 7.40. The number of carbonyl (C=O) groups excluding carboxylic acids is 2. The number of ketones is 1. The smallest absolute Gasteiger partial charge is 0.239 e. The highest BCUT2D eigenvalue weighted by atomic mass is 16.5. The molecule has 21 heavy (non-hydrogen) atoms. The molecule has 114 valence electrons. The van der Waals surface area contributed by atoms with Crippen LogP contribution in [0.5, 0.6) is 0 Å². The Labute approximate surface area is 125 Å². The summed E-state index contributed by atoms with van der Waals surface area (Å²) in [6.45, 7) is 4.76. The minimum Gasteiger partial charge on any atom is -0.378 e. The number of nitrogens with zero attached hydrogens (tertiary/aromatic N) is 1. The Bertz CT molecular complexity index is 476. The number of amides is 1. The number of Topliss-reactive ketones (excluding diaryl/α,β-unsaturated/α-hetero) is 1. The number of nitrogens with one attached hydrogen (secondary N) is 1. The van der Waals surface area contributed by atoms with Gasteiger partial charge in [-0.2, -0.15) is 0 Å². The van der Waals surface area contributed by atoms with Gasteiger partial charge in [-0.25, -0.2) is 0 Å². The van der Waals surface area contributed by atoms with Crippen molar-refractivity contribution in [1.29, 1.82) is 0 Å². The number of hydrogen-bond donors (Lipinski definition) is 1. The molecule has 1 atom stereocenters. The van der Waals surface area contributed by atoms with Gasteiger partial charge in [0.25, 0.3) is 0 Å². The van der Waals surface area contributed by atoms with Crippen molar-refractivity contribution < 1.29 is 14.3 Å². The van der Waals surface area contributed by atoms with Crippen LogP contribution in [0.2, 0.25) is 0 Å². The fraction of sp³-hybridized carbons (Fsp3) is 0.500. The summed E-state index contributed by atoms with van der Waals surface area (Å²) in [7, 11) is 0. The van der Waals surface area contributed by atoms with Crippen LogP contribution in [0, 0.1) is 0 Å². The highest BCUT2D eigenvalue weighted by Crippen LogP contribution is 2.10. The molecule has 1 aliphatic rings. The Morgan fingerprint density at radius 1 is 1.33 bits per heavy atom. The quantitative estimate of drug-likeness (QED) is 0.797. The van der Waals surface area contributed by atoms with Gasteiger partial charge >= 0.3 is 0 Å². The van der Waals surface area contributed by atoms with E-state index in [4.69, 9.17) is 4.74 Å². The molecule has 0 aliphatic carbocycles. The second-order valence-electron chi connectivity index (χ2n) is 5.06. The van der Waals surface area contributed by atoms with Gasteiger partial charge in [-0.1, -0.05) is 30.3 Å². The Morgan fingerprint density at radius 3 is 2.81 bits per heavy atom. The van der Waals surface area contributed by atoms with Crippen molar-refractivity contribution in [3.05, 3.63) is 35.9 Å². The summed E-state index contributed by atoms with van der Waals surface area (Å²) in [5, 5.41) is 2.82. The molecule has 1 saturated heterocycles. The molecule has 0 saturated carbocycles. The molecular weight excluding hydrogens is 268 g/mol. The van der Waals surface area contributed by atoms with Crippen LogP contribution < -0.4 is 5.32 Å². The minimum absolute atomic E-state index is 0.0237. The third-order valence-corrected chi connectivity index (χ3v) is 3.61. The standard InChI is InChI=1S/C16H22N2O3/c1-2-17-16(20)14-12-21-11-10-18(14)9-8-15(19)13-6-4-3-5-7-13/h3-7,14H,2,8-12H2,1H3,(H,17,20). The molecule has 1 unspecified atom stereocenters. The fourth-order valence-corrected chi connectivity index (χ4v) is 2.45. The third-order valence-electron chi connectivity index (χ3n) is 3.61. The van der Waals surface area contributed by atoms with Crippen LogP contribution in [-0.4, -0.2) is 55.5 Å². The van der Waals surface area contributed by atoms with Gasteiger partial charge in [0.15, 0.2) is 5.78 Å². The molecule has 5 nitrogen and oxygen atoms in total. The first kappa shape index (κ1) is 15.7. The second kappa shape index (κ2) is 7.90. The van der Waals surface area contributed by atoms with Crippen molar-refractivity contribution in [2.24, 2.45) is 0 Å². The van der Waals surface area contributed by atoms with Crippen molar-refractivity contribution in [2.75, 3.05) is 32.8 Å². The van der Waals surface area contributed by atoms with Crippen LogP contribution in [0.3, 0.4) is 0 Å². The number of ether oxygens (including phenoxy) is 1. The van der Waals surface area contributed by atoms with E-state index in [9.17, 15) is 9.59 Å². The summed E-state index contributed by atoms with van der Waals surface area (Å²) in [4.78, 5) is 26.2. The molecule has 1 heterocycles. The monoisotopic (exact) mass is 290 g/mol. The van der Waals surface area contributed by atoms with E-state index < -0.39 is 0 Å². The Morgan fingerprint density at radius 2 is 2.10 bits per heavy atom. The van der Waals surface area contributed by atoms with Crippen LogP contribution in [0.25, 0.3) is 0 Å². The van der Waals surface area contributed by atoms with Crippen LogP contribution in [0.4, 0.5) is 0 Å². The van der Waals surface area contributed by atoms with Gasteiger partial charge in [-0.3, -0.25) is 14.5 Å². The Balaban J connectivity index is 1.90. The summed E-state index contributed by atoms with van der Waals surface area (Å²) < 4.78 is 5.38. The van der Waals surface area contributed by atoms with Crippen molar-refractivity contribution >= 4 is 11.7 Å². The van der Waals surface area contributed by atoms with E-state index in [1.807, 2.05) is 42.2 Å². The molecular formula is C16H22N2O3. The summed E-state index contributed by atoms with van der Waals surface area (Å²) in [6.07, 6.45) is 0.417. The minimum atomic E-state index is -0.290. The lowest BCUT2D eigenvalue weighted by molar-refractivity contribution is -0.132. The van der Waals surface area contributed by atoms with Crippen LogP contribution in [-0.2, 0) is 9.53 Å². The number of benzene rings is 1. The summed E-state index contributed by atoms with van der Waals surface area (Å²) in [5.74, 6) is 0.0844. The number of likely N-dealkylation sites (N-methyl/N-ethyl adjacent to an activating group) is 1. The highest BCUT2D eigenvalue weighted by Gasteiger charge is 2.29. The molecule has 0 spiro atoms. The Kier molecular flexibility index (Phi) is 5.90.